The average Bonchev–Trinajstić information content (AvgIpc) is 3.61. The predicted molar refractivity (Wildman–Crippen MR) is 142 cm³/mol. The number of carbonyl (C=O) groups excluding carboxylic acids is 2. The van der Waals surface area contributed by atoms with Crippen LogP contribution in [0.5, 0.6) is 5.75 Å². The number of ether oxygens (including phenoxy) is 2. The number of amides is 2. The molecule has 8 nitrogen and oxygen atoms in total. The van der Waals surface area contributed by atoms with Crippen molar-refractivity contribution in [1.29, 1.82) is 0 Å². The maximum Gasteiger partial charge on any atom is 0.273 e. The van der Waals surface area contributed by atoms with Gasteiger partial charge >= 0.3 is 0 Å². The lowest BCUT2D eigenvalue weighted by Gasteiger charge is -2.41. The van der Waals surface area contributed by atoms with Gasteiger partial charge in [0.1, 0.15) is 17.8 Å². The van der Waals surface area contributed by atoms with Crippen molar-refractivity contribution in [1.82, 2.24) is 15.2 Å². The summed E-state index contributed by atoms with van der Waals surface area (Å²) < 4.78 is 31.2. The standard InChI is InChI=1S/C30H34FN3O5/c1-30(2,3)29(36)34-12-11-19-9-10-22(15-24(19)27(34)20-6-4-7-21(31)14-20)38-18-26-33-25(17-39-26)28(35)32-16-23-8-5-13-37-23/h4,6-7,9-10,14-15,17,23,27H,5,8,11-13,16,18H2,1-3H3,(H,32,35). The fraction of sp³-hybridized carbons (Fsp3) is 0.433. The zero-order valence-corrected chi connectivity index (χ0v) is 22.5. The van der Waals surface area contributed by atoms with E-state index in [2.05, 4.69) is 10.3 Å². The zero-order valence-electron chi connectivity index (χ0n) is 22.5. The van der Waals surface area contributed by atoms with Crippen LogP contribution in [0.15, 0.2) is 53.1 Å². The summed E-state index contributed by atoms with van der Waals surface area (Å²) in [5, 5.41) is 2.82. The number of nitrogens with zero attached hydrogens (tertiary/aromatic N) is 2. The minimum absolute atomic E-state index is 0.00109. The summed E-state index contributed by atoms with van der Waals surface area (Å²) in [5.41, 5.74) is 2.27. The van der Waals surface area contributed by atoms with Gasteiger partial charge in [-0.25, -0.2) is 9.37 Å². The van der Waals surface area contributed by atoms with Crippen molar-refractivity contribution in [2.75, 3.05) is 19.7 Å². The molecule has 0 spiro atoms. The minimum atomic E-state index is -0.587. The predicted octanol–water partition coefficient (Wildman–Crippen LogP) is 4.82. The Labute approximate surface area is 227 Å². The van der Waals surface area contributed by atoms with E-state index in [0.29, 0.717) is 30.8 Å². The molecule has 2 aliphatic rings. The molecule has 2 unspecified atom stereocenters. The van der Waals surface area contributed by atoms with Crippen LogP contribution in [0.2, 0.25) is 0 Å². The van der Waals surface area contributed by atoms with Gasteiger partial charge in [0.15, 0.2) is 12.3 Å². The van der Waals surface area contributed by atoms with E-state index < -0.39 is 11.5 Å². The first-order chi connectivity index (χ1) is 18.7. The van der Waals surface area contributed by atoms with Gasteiger partial charge in [0.25, 0.3) is 5.91 Å². The fourth-order valence-electron chi connectivity index (χ4n) is 5.10. The van der Waals surface area contributed by atoms with E-state index in [1.165, 1.54) is 18.4 Å². The summed E-state index contributed by atoms with van der Waals surface area (Å²) in [6, 6.07) is 11.7. The highest BCUT2D eigenvalue weighted by molar-refractivity contribution is 5.91. The summed E-state index contributed by atoms with van der Waals surface area (Å²) in [4.78, 5) is 31.9. The lowest BCUT2D eigenvalue weighted by Crippen LogP contribution is -2.45. The van der Waals surface area contributed by atoms with Crippen LogP contribution < -0.4 is 10.1 Å². The molecule has 0 aliphatic carbocycles. The zero-order chi connectivity index (χ0) is 27.6. The SMILES string of the molecule is CC(C)(C)C(=O)N1CCc2ccc(OCc3nc(C(=O)NCC4CCCO4)co3)cc2C1c1cccc(F)c1. The average molecular weight is 536 g/mol. The molecule has 2 atom stereocenters. The molecular formula is C30H34FN3O5. The molecular weight excluding hydrogens is 501 g/mol. The molecule has 2 aromatic carbocycles. The second-order valence-corrected chi connectivity index (χ2v) is 11.1. The molecule has 5 rings (SSSR count). The normalized spacial score (nSPS) is 19.0. The lowest BCUT2D eigenvalue weighted by atomic mass is 9.85. The monoisotopic (exact) mass is 535 g/mol. The Bertz CT molecular complexity index is 1340. The number of nitrogens with one attached hydrogen (secondary N) is 1. The maximum atomic E-state index is 14.3. The van der Waals surface area contributed by atoms with Gasteiger partial charge in [0, 0.05) is 25.1 Å². The Morgan fingerprint density at radius 1 is 1.21 bits per heavy atom. The number of aromatic nitrogens is 1. The second kappa shape index (κ2) is 11.2. The molecule has 0 saturated carbocycles. The molecule has 39 heavy (non-hydrogen) atoms. The van der Waals surface area contributed by atoms with Crippen LogP contribution in [0.3, 0.4) is 0 Å². The smallest absolute Gasteiger partial charge is 0.273 e. The molecule has 1 aromatic heterocycles. The first-order valence-corrected chi connectivity index (χ1v) is 13.4. The molecule has 206 valence electrons. The highest BCUT2D eigenvalue weighted by atomic mass is 19.1. The van der Waals surface area contributed by atoms with Gasteiger partial charge < -0.3 is 24.1 Å². The number of rotatable bonds is 7. The molecule has 1 N–H and O–H groups in total. The minimum Gasteiger partial charge on any atom is -0.484 e. The van der Waals surface area contributed by atoms with Crippen molar-refractivity contribution in [3.05, 3.63) is 82.8 Å². The third-order valence-electron chi connectivity index (χ3n) is 7.07. The van der Waals surface area contributed by atoms with E-state index in [-0.39, 0.29) is 41.9 Å². The van der Waals surface area contributed by atoms with E-state index in [1.54, 1.807) is 6.07 Å². The Morgan fingerprint density at radius 3 is 2.79 bits per heavy atom. The summed E-state index contributed by atoms with van der Waals surface area (Å²) in [5.74, 6) is 0.147. The topological polar surface area (TPSA) is 93.9 Å². The van der Waals surface area contributed by atoms with E-state index in [4.69, 9.17) is 13.9 Å². The van der Waals surface area contributed by atoms with Gasteiger partial charge in [-0.3, -0.25) is 9.59 Å². The van der Waals surface area contributed by atoms with Crippen LogP contribution >= 0.6 is 0 Å². The Morgan fingerprint density at radius 2 is 2.05 bits per heavy atom. The Kier molecular flexibility index (Phi) is 7.70. The Balaban J connectivity index is 1.32. The van der Waals surface area contributed by atoms with Crippen LogP contribution in [0, 0.1) is 11.2 Å². The number of halogens is 1. The van der Waals surface area contributed by atoms with Gasteiger partial charge in [0.2, 0.25) is 11.8 Å². The molecule has 0 bridgehead atoms. The Hall–Kier alpha value is -3.72. The molecule has 3 aromatic rings. The summed E-state index contributed by atoms with van der Waals surface area (Å²) >= 11 is 0. The molecule has 2 aliphatic heterocycles. The van der Waals surface area contributed by atoms with Gasteiger partial charge in [-0.15, -0.1) is 0 Å². The van der Waals surface area contributed by atoms with Crippen molar-refractivity contribution < 1.29 is 27.9 Å². The highest BCUT2D eigenvalue weighted by Gasteiger charge is 2.37. The second-order valence-electron chi connectivity index (χ2n) is 11.1. The lowest BCUT2D eigenvalue weighted by molar-refractivity contribution is -0.141. The summed E-state index contributed by atoms with van der Waals surface area (Å²) in [6.45, 7) is 7.39. The van der Waals surface area contributed by atoms with Gasteiger partial charge in [-0.05, 0) is 60.2 Å². The van der Waals surface area contributed by atoms with Crippen molar-refractivity contribution >= 4 is 11.8 Å². The number of hydrogen-bond donors (Lipinski definition) is 1. The first-order valence-electron chi connectivity index (χ1n) is 13.4. The van der Waals surface area contributed by atoms with Crippen LogP contribution in [0.25, 0.3) is 0 Å². The summed E-state index contributed by atoms with van der Waals surface area (Å²) in [6.07, 6.45) is 3.97. The third-order valence-corrected chi connectivity index (χ3v) is 7.07. The first kappa shape index (κ1) is 26.9. The van der Waals surface area contributed by atoms with Crippen molar-refractivity contribution in [3.8, 4) is 5.75 Å². The molecule has 2 amide bonds. The largest absolute Gasteiger partial charge is 0.484 e. The number of benzene rings is 2. The van der Waals surface area contributed by atoms with Crippen LogP contribution in [-0.2, 0) is 22.6 Å². The van der Waals surface area contributed by atoms with Gasteiger partial charge in [0.05, 0.1) is 12.1 Å². The van der Waals surface area contributed by atoms with Crippen LogP contribution in [0.1, 0.15) is 72.7 Å². The number of fused-ring (bicyclic) bond motifs is 1. The molecule has 1 saturated heterocycles. The maximum absolute atomic E-state index is 14.3. The number of carbonyl (C=O) groups is 2. The van der Waals surface area contributed by atoms with Gasteiger partial charge in [-0.2, -0.15) is 0 Å². The number of oxazole rings is 1. The molecule has 0 radical (unpaired) electrons. The van der Waals surface area contributed by atoms with Crippen molar-refractivity contribution in [2.24, 2.45) is 5.41 Å². The summed E-state index contributed by atoms with van der Waals surface area (Å²) in [7, 11) is 0. The quantitative estimate of drug-likeness (QED) is 0.466. The van der Waals surface area contributed by atoms with Crippen molar-refractivity contribution in [2.45, 2.75) is 58.8 Å². The van der Waals surface area contributed by atoms with Gasteiger partial charge in [-0.1, -0.05) is 39.0 Å². The van der Waals surface area contributed by atoms with Crippen molar-refractivity contribution in [3.63, 3.8) is 0 Å². The van der Waals surface area contributed by atoms with Crippen LogP contribution in [-0.4, -0.2) is 47.5 Å². The van der Waals surface area contributed by atoms with Crippen LogP contribution in [0.4, 0.5) is 4.39 Å². The molecule has 1 fully saturated rings. The highest BCUT2D eigenvalue weighted by Crippen LogP contribution is 2.39. The number of hydrogen-bond acceptors (Lipinski definition) is 6. The van der Waals surface area contributed by atoms with E-state index in [9.17, 15) is 14.0 Å². The third kappa shape index (κ3) is 6.14. The fourth-order valence-corrected chi connectivity index (χ4v) is 5.10. The van der Waals surface area contributed by atoms with E-state index >= 15 is 0 Å². The van der Waals surface area contributed by atoms with E-state index in [0.717, 1.165) is 30.6 Å². The van der Waals surface area contributed by atoms with E-state index in [1.807, 2.05) is 49.9 Å². The molecule has 9 heteroatoms. The molecule has 3 heterocycles.